The maximum atomic E-state index is 2.42. The zero-order valence-corrected chi connectivity index (χ0v) is 10.8. The van der Waals surface area contributed by atoms with Crippen LogP contribution in [0.4, 0.5) is 0 Å². The molecular weight excluding hydrogens is 216 g/mol. The van der Waals surface area contributed by atoms with E-state index in [-0.39, 0.29) is 0 Å². The molecule has 0 heterocycles. The first-order chi connectivity index (χ1) is 8.84. The summed E-state index contributed by atoms with van der Waals surface area (Å²) in [6.07, 6.45) is 13.1. The third-order valence-corrected chi connectivity index (χ3v) is 4.87. The molecule has 0 aliphatic heterocycles. The highest BCUT2D eigenvalue weighted by Crippen LogP contribution is 2.48. The fourth-order valence-corrected chi connectivity index (χ4v) is 3.92. The molecule has 0 amide bonds. The molecule has 2 unspecified atom stereocenters. The van der Waals surface area contributed by atoms with Gasteiger partial charge in [0.05, 0.1) is 0 Å². The Morgan fingerprint density at radius 2 is 2.00 bits per heavy atom. The van der Waals surface area contributed by atoms with Crippen LogP contribution in [0.3, 0.4) is 0 Å². The first kappa shape index (κ1) is 10.4. The minimum absolute atomic E-state index is 0.672. The lowest BCUT2D eigenvalue weighted by Gasteiger charge is -2.31. The fraction of sp³-hybridized carbons (Fsp3) is 0.333. The van der Waals surface area contributed by atoms with Gasteiger partial charge in [-0.2, -0.15) is 0 Å². The van der Waals surface area contributed by atoms with Gasteiger partial charge in [-0.1, -0.05) is 48.1 Å². The largest absolute Gasteiger partial charge is 0.0805 e. The van der Waals surface area contributed by atoms with Crippen LogP contribution in [0.25, 0.3) is 5.57 Å². The summed E-state index contributed by atoms with van der Waals surface area (Å²) in [6.45, 7) is 2.26. The number of aryl methyl sites for hydroxylation is 1. The molecule has 4 rings (SSSR count). The first-order valence-electron chi connectivity index (χ1n) is 7.00. The number of allylic oxidation sites excluding steroid dienone is 6. The van der Waals surface area contributed by atoms with E-state index in [4.69, 9.17) is 0 Å². The monoisotopic (exact) mass is 234 g/mol. The molecule has 0 nitrogen and oxygen atoms in total. The topological polar surface area (TPSA) is 0 Å². The van der Waals surface area contributed by atoms with E-state index in [9.17, 15) is 0 Å². The number of benzene rings is 1. The maximum Gasteiger partial charge on any atom is 0.00523 e. The van der Waals surface area contributed by atoms with Gasteiger partial charge in [-0.3, -0.25) is 0 Å². The van der Waals surface area contributed by atoms with Gasteiger partial charge in [0.15, 0.2) is 0 Å². The quantitative estimate of drug-likeness (QED) is 0.622. The van der Waals surface area contributed by atoms with Gasteiger partial charge in [0.1, 0.15) is 0 Å². The van der Waals surface area contributed by atoms with Crippen LogP contribution < -0.4 is 0 Å². The molecule has 1 aromatic rings. The molecule has 0 saturated carbocycles. The Kier molecular flexibility index (Phi) is 2.14. The van der Waals surface area contributed by atoms with Crippen LogP contribution in [0.5, 0.6) is 0 Å². The summed E-state index contributed by atoms with van der Waals surface area (Å²) in [4.78, 5) is 0. The minimum atomic E-state index is 0.672. The Morgan fingerprint density at radius 1 is 1.11 bits per heavy atom. The van der Waals surface area contributed by atoms with Crippen molar-refractivity contribution in [2.45, 2.75) is 26.2 Å². The van der Waals surface area contributed by atoms with E-state index < -0.39 is 0 Å². The lowest BCUT2D eigenvalue weighted by Crippen LogP contribution is -2.19. The molecule has 0 bridgehead atoms. The minimum Gasteiger partial charge on any atom is -0.0805 e. The Morgan fingerprint density at radius 3 is 2.94 bits per heavy atom. The molecule has 0 N–H and O–H groups in total. The van der Waals surface area contributed by atoms with Gasteiger partial charge >= 0.3 is 0 Å². The molecule has 0 heteroatoms. The molecule has 3 aliphatic rings. The highest BCUT2D eigenvalue weighted by molar-refractivity contribution is 5.79. The van der Waals surface area contributed by atoms with Crippen LogP contribution in [0.15, 0.2) is 48.1 Å². The summed E-state index contributed by atoms with van der Waals surface area (Å²) in [5, 5.41) is 0. The van der Waals surface area contributed by atoms with E-state index in [2.05, 4.69) is 49.4 Å². The second kappa shape index (κ2) is 3.71. The van der Waals surface area contributed by atoms with Crippen molar-refractivity contribution in [2.75, 3.05) is 0 Å². The average molecular weight is 234 g/mol. The van der Waals surface area contributed by atoms with E-state index in [0.29, 0.717) is 5.92 Å². The van der Waals surface area contributed by atoms with Gasteiger partial charge in [0.25, 0.3) is 0 Å². The van der Waals surface area contributed by atoms with Crippen LogP contribution in [0.1, 0.15) is 29.5 Å². The number of hydrogen-bond acceptors (Lipinski definition) is 0. The summed E-state index contributed by atoms with van der Waals surface area (Å²) >= 11 is 0. The first-order valence-corrected chi connectivity index (χ1v) is 7.00. The zero-order chi connectivity index (χ0) is 12.1. The smallest absolute Gasteiger partial charge is 0.00523 e. The summed E-state index contributed by atoms with van der Waals surface area (Å²) in [6, 6.07) is 6.80. The van der Waals surface area contributed by atoms with E-state index in [1.165, 1.54) is 24.8 Å². The SMILES string of the molecule is Cc1cccc2c1CC1=C2CCC2C=CC=CC12. The van der Waals surface area contributed by atoms with Gasteiger partial charge in [-0.15, -0.1) is 0 Å². The summed E-state index contributed by atoms with van der Waals surface area (Å²) in [7, 11) is 0. The van der Waals surface area contributed by atoms with Crippen molar-refractivity contribution < 1.29 is 0 Å². The Balaban J connectivity index is 1.84. The molecule has 1 aromatic carbocycles. The number of hydrogen-bond donors (Lipinski definition) is 0. The normalized spacial score (nSPS) is 28.1. The summed E-state index contributed by atoms with van der Waals surface area (Å²) in [5.41, 5.74) is 7.97. The van der Waals surface area contributed by atoms with Gasteiger partial charge < -0.3 is 0 Å². The molecule has 0 spiro atoms. The predicted octanol–water partition coefficient (Wildman–Crippen LogP) is 4.46. The van der Waals surface area contributed by atoms with Crippen molar-refractivity contribution in [1.82, 2.24) is 0 Å². The van der Waals surface area contributed by atoms with Gasteiger partial charge in [-0.05, 0) is 54.4 Å². The lowest BCUT2D eigenvalue weighted by molar-refractivity contribution is 0.473. The van der Waals surface area contributed by atoms with Crippen molar-refractivity contribution in [2.24, 2.45) is 11.8 Å². The van der Waals surface area contributed by atoms with Crippen molar-refractivity contribution in [3.63, 3.8) is 0 Å². The lowest BCUT2D eigenvalue weighted by atomic mass is 9.73. The predicted molar refractivity (Wildman–Crippen MR) is 76.3 cm³/mol. The van der Waals surface area contributed by atoms with Crippen molar-refractivity contribution in [1.29, 1.82) is 0 Å². The van der Waals surface area contributed by atoms with Crippen LogP contribution in [0, 0.1) is 18.8 Å². The maximum absolute atomic E-state index is 2.42. The molecule has 0 fully saturated rings. The molecule has 90 valence electrons. The van der Waals surface area contributed by atoms with E-state index in [0.717, 1.165) is 5.92 Å². The highest BCUT2D eigenvalue weighted by atomic mass is 14.4. The number of rotatable bonds is 0. The molecule has 0 saturated heterocycles. The Bertz CT molecular complexity index is 598. The van der Waals surface area contributed by atoms with Crippen LogP contribution >= 0.6 is 0 Å². The van der Waals surface area contributed by atoms with Crippen LogP contribution in [-0.2, 0) is 6.42 Å². The van der Waals surface area contributed by atoms with Crippen molar-refractivity contribution >= 4 is 5.57 Å². The van der Waals surface area contributed by atoms with Crippen molar-refractivity contribution in [3.05, 3.63) is 64.8 Å². The van der Waals surface area contributed by atoms with Gasteiger partial charge in [0, 0.05) is 5.92 Å². The third-order valence-electron chi connectivity index (χ3n) is 4.87. The second-order valence-corrected chi connectivity index (χ2v) is 5.78. The Hall–Kier alpha value is -1.56. The van der Waals surface area contributed by atoms with Crippen molar-refractivity contribution in [3.8, 4) is 0 Å². The molecule has 0 aromatic heterocycles. The summed E-state index contributed by atoms with van der Waals surface area (Å²) in [5.74, 6) is 1.42. The van der Waals surface area contributed by atoms with E-state index in [1.807, 2.05) is 0 Å². The number of fused-ring (bicyclic) bond motifs is 4. The van der Waals surface area contributed by atoms with E-state index >= 15 is 0 Å². The summed E-state index contributed by atoms with van der Waals surface area (Å²) < 4.78 is 0. The molecule has 0 radical (unpaired) electrons. The van der Waals surface area contributed by atoms with Crippen LogP contribution in [-0.4, -0.2) is 0 Å². The molecule has 2 atom stereocenters. The van der Waals surface area contributed by atoms with Gasteiger partial charge in [0.2, 0.25) is 0 Å². The highest BCUT2D eigenvalue weighted by Gasteiger charge is 2.34. The third kappa shape index (κ3) is 1.32. The van der Waals surface area contributed by atoms with Gasteiger partial charge in [-0.25, -0.2) is 0 Å². The molecular formula is C18H18. The standard InChI is InChI=1S/C18H18/c1-12-5-4-8-15-16-10-9-13-6-2-3-7-14(13)18(16)11-17(12)15/h2-8,13-14H,9-11H2,1H3. The molecule has 18 heavy (non-hydrogen) atoms. The fourth-order valence-electron chi connectivity index (χ4n) is 3.92. The second-order valence-electron chi connectivity index (χ2n) is 5.78. The average Bonchev–Trinajstić information content (AvgIpc) is 2.79. The molecule has 3 aliphatic carbocycles. The van der Waals surface area contributed by atoms with Crippen LogP contribution in [0.2, 0.25) is 0 Å². The Labute approximate surface area is 109 Å². The van der Waals surface area contributed by atoms with E-state index in [1.54, 1.807) is 22.3 Å². The zero-order valence-electron chi connectivity index (χ0n) is 10.8.